The van der Waals surface area contributed by atoms with E-state index in [0.717, 1.165) is 32.7 Å². The Morgan fingerprint density at radius 3 is 1.90 bits per heavy atom. The van der Waals surface area contributed by atoms with Crippen LogP contribution in [0.5, 0.6) is 0 Å². The Bertz CT molecular complexity index is 504. The van der Waals surface area contributed by atoms with Gasteiger partial charge in [0.1, 0.15) is 0 Å². The summed E-state index contributed by atoms with van der Waals surface area (Å²) in [5.74, 6) is 0. The summed E-state index contributed by atoms with van der Waals surface area (Å²) in [6.45, 7) is 9.44. The van der Waals surface area contributed by atoms with Gasteiger partial charge in [0.25, 0.3) is 0 Å². The molecule has 21 heavy (non-hydrogen) atoms. The number of hydrogen-bond acceptors (Lipinski definition) is 3. The minimum atomic E-state index is 0.879. The second-order valence-electron chi connectivity index (χ2n) is 5.24. The van der Waals surface area contributed by atoms with Gasteiger partial charge in [-0.3, -0.25) is 9.88 Å². The fourth-order valence-corrected chi connectivity index (χ4v) is 2.32. The zero-order valence-corrected chi connectivity index (χ0v) is 13.0. The highest BCUT2D eigenvalue weighted by Crippen LogP contribution is 2.08. The normalized spacial score (nSPS) is 11.0. The molecule has 0 bridgehead atoms. The molecule has 1 heterocycles. The summed E-state index contributed by atoms with van der Waals surface area (Å²) in [5.41, 5.74) is 3.98. The Labute approximate surface area is 128 Å². The van der Waals surface area contributed by atoms with Gasteiger partial charge in [-0.1, -0.05) is 38.1 Å². The maximum atomic E-state index is 4.03. The number of nitrogens with one attached hydrogen (secondary N) is 1. The van der Waals surface area contributed by atoms with Crippen molar-refractivity contribution in [3.05, 3.63) is 65.5 Å². The van der Waals surface area contributed by atoms with Crippen molar-refractivity contribution >= 4 is 0 Å². The lowest BCUT2D eigenvalue weighted by Crippen LogP contribution is -2.22. The van der Waals surface area contributed by atoms with Gasteiger partial charge in [0.15, 0.2) is 0 Å². The molecular weight excluding hydrogens is 258 g/mol. The van der Waals surface area contributed by atoms with Crippen LogP contribution < -0.4 is 5.32 Å². The third-order valence-electron chi connectivity index (χ3n) is 3.73. The van der Waals surface area contributed by atoms with Crippen LogP contribution in [0.25, 0.3) is 0 Å². The van der Waals surface area contributed by atoms with Crippen LogP contribution >= 0.6 is 0 Å². The average molecular weight is 283 g/mol. The van der Waals surface area contributed by atoms with Gasteiger partial charge in [-0.2, -0.15) is 0 Å². The largest absolute Gasteiger partial charge is 0.309 e. The van der Waals surface area contributed by atoms with Crippen LogP contribution in [0.15, 0.2) is 48.8 Å². The first-order valence-corrected chi connectivity index (χ1v) is 7.71. The summed E-state index contributed by atoms with van der Waals surface area (Å²) < 4.78 is 0. The number of nitrogens with zero attached hydrogens (tertiary/aromatic N) is 2. The smallest absolute Gasteiger partial charge is 0.0271 e. The van der Waals surface area contributed by atoms with E-state index in [2.05, 4.69) is 53.3 Å². The van der Waals surface area contributed by atoms with Crippen LogP contribution in [0.1, 0.15) is 30.5 Å². The van der Waals surface area contributed by atoms with Crippen LogP contribution in [0, 0.1) is 0 Å². The number of aromatic nitrogens is 1. The van der Waals surface area contributed by atoms with E-state index in [-0.39, 0.29) is 0 Å². The topological polar surface area (TPSA) is 28.2 Å². The predicted molar refractivity (Wildman–Crippen MR) is 87.8 cm³/mol. The molecule has 1 N–H and O–H groups in total. The summed E-state index contributed by atoms with van der Waals surface area (Å²) in [4.78, 5) is 6.45. The molecule has 0 aliphatic rings. The Balaban J connectivity index is 1.79. The molecule has 0 amide bonds. The molecule has 0 radical (unpaired) electrons. The molecule has 0 saturated heterocycles. The van der Waals surface area contributed by atoms with Crippen molar-refractivity contribution in [3.63, 3.8) is 0 Å². The first-order chi connectivity index (χ1) is 10.3. The maximum absolute atomic E-state index is 4.03. The summed E-state index contributed by atoms with van der Waals surface area (Å²) >= 11 is 0. The average Bonchev–Trinajstić information content (AvgIpc) is 2.55. The fourth-order valence-electron chi connectivity index (χ4n) is 2.32. The lowest BCUT2D eigenvalue weighted by molar-refractivity contribution is 0.296. The van der Waals surface area contributed by atoms with Crippen LogP contribution in [-0.2, 0) is 19.6 Å². The molecule has 0 aliphatic heterocycles. The van der Waals surface area contributed by atoms with Crippen molar-refractivity contribution in [3.8, 4) is 0 Å². The number of rotatable bonds is 8. The van der Waals surface area contributed by atoms with Crippen molar-refractivity contribution in [2.24, 2.45) is 0 Å². The monoisotopic (exact) mass is 283 g/mol. The van der Waals surface area contributed by atoms with E-state index in [0.29, 0.717) is 0 Å². The molecule has 0 saturated carbocycles. The van der Waals surface area contributed by atoms with E-state index < -0.39 is 0 Å². The predicted octanol–water partition coefficient (Wildman–Crippen LogP) is 3.21. The zero-order chi connectivity index (χ0) is 14.9. The van der Waals surface area contributed by atoms with E-state index in [1.54, 1.807) is 0 Å². The standard InChI is InChI=1S/C18H25N3/c1-3-21(4-2)15-18-7-5-16(6-8-18)13-20-14-17-9-11-19-12-10-17/h5-12,20H,3-4,13-15H2,1-2H3. The molecule has 0 fully saturated rings. The van der Waals surface area contributed by atoms with E-state index in [9.17, 15) is 0 Å². The Morgan fingerprint density at radius 2 is 1.33 bits per heavy atom. The second kappa shape index (κ2) is 8.55. The molecule has 112 valence electrons. The van der Waals surface area contributed by atoms with Crippen LogP contribution in [0.4, 0.5) is 0 Å². The van der Waals surface area contributed by atoms with Gasteiger partial charge in [-0.25, -0.2) is 0 Å². The van der Waals surface area contributed by atoms with E-state index in [1.807, 2.05) is 24.5 Å². The lowest BCUT2D eigenvalue weighted by Gasteiger charge is -2.18. The molecule has 0 spiro atoms. The lowest BCUT2D eigenvalue weighted by atomic mass is 10.1. The molecule has 2 aromatic rings. The van der Waals surface area contributed by atoms with Crippen LogP contribution in [0.3, 0.4) is 0 Å². The molecular formula is C18H25N3. The minimum Gasteiger partial charge on any atom is -0.309 e. The van der Waals surface area contributed by atoms with Crippen LogP contribution in [0.2, 0.25) is 0 Å². The molecule has 2 rings (SSSR count). The van der Waals surface area contributed by atoms with Gasteiger partial charge < -0.3 is 5.32 Å². The van der Waals surface area contributed by atoms with Crippen molar-refractivity contribution < 1.29 is 0 Å². The Kier molecular flexibility index (Phi) is 6.38. The van der Waals surface area contributed by atoms with E-state index in [4.69, 9.17) is 0 Å². The summed E-state index contributed by atoms with van der Waals surface area (Å²) in [5, 5.41) is 3.46. The Morgan fingerprint density at radius 1 is 0.810 bits per heavy atom. The molecule has 3 nitrogen and oxygen atoms in total. The van der Waals surface area contributed by atoms with Gasteiger partial charge in [0.05, 0.1) is 0 Å². The zero-order valence-electron chi connectivity index (χ0n) is 13.0. The first kappa shape index (κ1) is 15.7. The highest BCUT2D eigenvalue weighted by atomic mass is 15.1. The van der Waals surface area contributed by atoms with Gasteiger partial charge >= 0.3 is 0 Å². The number of benzene rings is 1. The van der Waals surface area contributed by atoms with Gasteiger partial charge in [-0.15, -0.1) is 0 Å². The number of hydrogen-bond donors (Lipinski definition) is 1. The van der Waals surface area contributed by atoms with Gasteiger partial charge in [-0.05, 0) is 41.9 Å². The highest BCUT2D eigenvalue weighted by molar-refractivity contribution is 5.22. The van der Waals surface area contributed by atoms with Crippen molar-refractivity contribution in [2.75, 3.05) is 13.1 Å². The Hall–Kier alpha value is -1.71. The minimum absolute atomic E-state index is 0.879. The second-order valence-corrected chi connectivity index (χ2v) is 5.24. The van der Waals surface area contributed by atoms with Crippen molar-refractivity contribution in [1.29, 1.82) is 0 Å². The molecule has 0 aliphatic carbocycles. The van der Waals surface area contributed by atoms with Crippen molar-refractivity contribution in [2.45, 2.75) is 33.5 Å². The number of pyridine rings is 1. The third kappa shape index (κ3) is 5.29. The maximum Gasteiger partial charge on any atom is 0.0271 e. The van der Waals surface area contributed by atoms with Crippen molar-refractivity contribution in [1.82, 2.24) is 15.2 Å². The van der Waals surface area contributed by atoms with E-state index >= 15 is 0 Å². The van der Waals surface area contributed by atoms with Gasteiger partial charge in [0.2, 0.25) is 0 Å². The summed E-state index contributed by atoms with van der Waals surface area (Å²) in [7, 11) is 0. The summed E-state index contributed by atoms with van der Waals surface area (Å²) in [6, 6.07) is 13.0. The van der Waals surface area contributed by atoms with Gasteiger partial charge in [0, 0.05) is 32.0 Å². The molecule has 0 unspecified atom stereocenters. The summed E-state index contributed by atoms with van der Waals surface area (Å²) in [6.07, 6.45) is 3.66. The van der Waals surface area contributed by atoms with E-state index in [1.165, 1.54) is 16.7 Å². The van der Waals surface area contributed by atoms with Crippen LogP contribution in [-0.4, -0.2) is 23.0 Å². The first-order valence-electron chi connectivity index (χ1n) is 7.71. The SMILES string of the molecule is CCN(CC)Cc1ccc(CNCc2ccncc2)cc1. The highest BCUT2D eigenvalue weighted by Gasteiger charge is 2.01. The third-order valence-corrected chi connectivity index (χ3v) is 3.73. The molecule has 3 heteroatoms. The molecule has 1 aromatic carbocycles. The quantitative estimate of drug-likeness (QED) is 0.806. The fraction of sp³-hybridized carbons (Fsp3) is 0.389. The molecule has 0 atom stereocenters. The molecule has 1 aromatic heterocycles.